The molecule has 1 aromatic carbocycles. The minimum absolute atomic E-state index is 0.240. The second-order valence-electron chi connectivity index (χ2n) is 5.22. The van der Waals surface area contributed by atoms with Gasteiger partial charge in [-0.3, -0.25) is 0 Å². The first kappa shape index (κ1) is 13.4. The molecule has 5 nitrogen and oxygen atoms in total. The van der Waals surface area contributed by atoms with Crippen molar-refractivity contribution in [2.45, 2.75) is 20.8 Å². The first-order valence-electron chi connectivity index (χ1n) is 6.67. The quantitative estimate of drug-likeness (QED) is 0.782. The van der Waals surface area contributed by atoms with Crippen molar-refractivity contribution in [2.75, 3.05) is 0 Å². The third-order valence-electron chi connectivity index (χ3n) is 3.91. The molecule has 5 heteroatoms. The van der Waals surface area contributed by atoms with E-state index in [1.165, 1.54) is 0 Å². The number of carboxylic acid groups (broad SMARTS) is 1. The van der Waals surface area contributed by atoms with Crippen LogP contribution in [-0.4, -0.2) is 20.6 Å². The summed E-state index contributed by atoms with van der Waals surface area (Å²) >= 11 is 0. The smallest absolute Gasteiger partial charge is 0.335 e. The Morgan fingerprint density at radius 2 is 1.95 bits per heavy atom. The molecule has 21 heavy (non-hydrogen) atoms. The third kappa shape index (κ3) is 1.93. The lowest BCUT2D eigenvalue weighted by atomic mass is 10.1. The standard InChI is InChI=1S/C16H16N2O3/c1-8-9(2)21-10(3)14(8)15-17-12-7-11(16(19)20)5-6-13(12)18(15)4/h5-7H,1-4H3,(H,19,20). The van der Waals surface area contributed by atoms with Gasteiger partial charge in [0, 0.05) is 12.6 Å². The molecular weight excluding hydrogens is 268 g/mol. The first-order valence-corrected chi connectivity index (χ1v) is 6.67. The fourth-order valence-corrected chi connectivity index (χ4v) is 2.68. The van der Waals surface area contributed by atoms with Gasteiger partial charge in [-0.05, 0) is 39.0 Å². The summed E-state index contributed by atoms with van der Waals surface area (Å²) in [5, 5.41) is 9.08. The molecule has 0 unspecified atom stereocenters. The Morgan fingerprint density at radius 1 is 1.24 bits per heavy atom. The van der Waals surface area contributed by atoms with E-state index in [4.69, 9.17) is 9.52 Å². The van der Waals surface area contributed by atoms with Crippen LogP contribution in [0.15, 0.2) is 22.6 Å². The van der Waals surface area contributed by atoms with Gasteiger partial charge in [-0.15, -0.1) is 0 Å². The minimum Gasteiger partial charge on any atom is -0.478 e. The molecule has 2 aromatic heterocycles. The average molecular weight is 284 g/mol. The van der Waals surface area contributed by atoms with Crippen LogP contribution in [0.4, 0.5) is 0 Å². The van der Waals surface area contributed by atoms with E-state index in [1.807, 2.05) is 32.4 Å². The fraction of sp³-hybridized carbons (Fsp3) is 0.250. The van der Waals surface area contributed by atoms with Crippen molar-refractivity contribution in [3.63, 3.8) is 0 Å². The molecule has 0 aliphatic rings. The Labute approximate surface area is 121 Å². The van der Waals surface area contributed by atoms with E-state index in [9.17, 15) is 4.79 Å². The van der Waals surface area contributed by atoms with Crippen LogP contribution < -0.4 is 0 Å². The number of hydrogen-bond acceptors (Lipinski definition) is 3. The van der Waals surface area contributed by atoms with E-state index < -0.39 is 5.97 Å². The number of hydrogen-bond donors (Lipinski definition) is 1. The highest BCUT2D eigenvalue weighted by atomic mass is 16.4. The second kappa shape index (κ2) is 4.48. The molecule has 0 radical (unpaired) electrons. The zero-order valence-electron chi connectivity index (χ0n) is 12.4. The Morgan fingerprint density at radius 3 is 2.52 bits per heavy atom. The lowest BCUT2D eigenvalue weighted by Crippen LogP contribution is -1.96. The molecule has 0 saturated heterocycles. The van der Waals surface area contributed by atoms with Gasteiger partial charge >= 0.3 is 5.97 Å². The summed E-state index contributed by atoms with van der Waals surface area (Å²) in [6, 6.07) is 4.97. The number of carbonyl (C=O) groups is 1. The van der Waals surface area contributed by atoms with Gasteiger partial charge in [0.05, 0.1) is 22.2 Å². The SMILES string of the molecule is Cc1oc(C)c(-c2nc3cc(C(=O)O)ccc3n2C)c1C. The molecular formula is C16H16N2O3. The Hall–Kier alpha value is -2.56. The van der Waals surface area contributed by atoms with E-state index in [0.717, 1.165) is 34.0 Å². The van der Waals surface area contributed by atoms with Crippen molar-refractivity contribution >= 4 is 17.0 Å². The number of aromatic carboxylic acids is 1. The van der Waals surface area contributed by atoms with Crippen LogP contribution >= 0.6 is 0 Å². The highest BCUT2D eigenvalue weighted by molar-refractivity contribution is 5.93. The van der Waals surface area contributed by atoms with Crippen LogP contribution in [0, 0.1) is 20.8 Å². The highest BCUT2D eigenvalue weighted by Crippen LogP contribution is 2.32. The van der Waals surface area contributed by atoms with E-state index in [0.29, 0.717) is 5.52 Å². The maximum absolute atomic E-state index is 11.1. The molecule has 3 aromatic rings. The number of benzene rings is 1. The van der Waals surface area contributed by atoms with Crippen molar-refractivity contribution in [1.29, 1.82) is 0 Å². The molecule has 0 atom stereocenters. The molecule has 0 amide bonds. The fourth-order valence-electron chi connectivity index (χ4n) is 2.68. The molecule has 0 spiro atoms. The molecule has 1 N–H and O–H groups in total. The number of carboxylic acids is 1. The maximum atomic E-state index is 11.1. The number of aromatic nitrogens is 2. The largest absolute Gasteiger partial charge is 0.478 e. The highest BCUT2D eigenvalue weighted by Gasteiger charge is 2.19. The lowest BCUT2D eigenvalue weighted by Gasteiger charge is -2.02. The van der Waals surface area contributed by atoms with Crippen LogP contribution in [0.5, 0.6) is 0 Å². The Bertz CT molecular complexity index is 871. The minimum atomic E-state index is -0.949. The average Bonchev–Trinajstić information content (AvgIpc) is 2.87. The number of furan rings is 1. The molecule has 0 aliphatic heterocycles. The number of imidazole rings is 1. The van der Waals surface area contributed by atoms with Crippen LogP contribution in [0.3, 0.4) is 0 Å². The van der Waals surface area contributed by atoms with Gasteiger partial charge in [0.15, 0.2) is 0 Å². The number of aryl methyl sites for hydroxylation is 3. The number of fused-ring (bicyclic) bond motifs is 1. The summed E-state index contributed by atoms with van der Waals surface area (Å²) < 4.78 is 7.63. The van der Waals surface area contributed by atoms with E-state index in [1.54, 1.807) is 18.2 Å². The molecule has 0 bridgehead atoms. The summed E-state index contributed by atoms with van der Waals surface area (Å²) in [7, 11) is 1.92. The zero-order chi connectivity index (χ0) is 15.3. The number of nitrogens with zero attached hydrogens (tertiary/aromatic N) is 2. The van der Waals surface area contributed by atoms with Crippen LogP contribution in [0.2, 0.25) is 0 Å². The molecule has 0 saturated carbocycles. The van der Waals surface area contributed by atoms with E-state index >= 15 is 0 Å². The topological polar surface area (TPSA) is 68.3 Å². The molecule has 3 rings (SSSR count). The maximum Gasteiger partial charge on any atom is 0.335 e. The monoisotopic (exact) mass is 284 g/mol. The summed E-state index contributed by atoms with van der Waals surface area (Å²) in [4.78, 5) is 15.7. The van der Waals surface area contributed by atoms with Crippen molar-refractivity contribution in [1.82, 2.24) is 9.55 Å². The summed E-state index contributed by atoms with van der Waals surface area (Å²) in [6.45, 7) is 5.84. The van der Waals surface area contributed by atoms with E-state index in [2.05, 4.69) is 4.98 Å². The van der Waals surface area contributed by atoms with Crippen molar-refractivity contribution < 1.29 is 14.3 Å². The van der Waals surface area contributed by atoms with Crippen LogP contribution in [-0.2, 0) is 7.05 Å². The summed E-state index contributed by atoms with van der Waals surface area (Å²) in [5.41, 5.74) is 3.84. The van der Waals surface area contributed by atoms with Crippen molar-refractivity contribution in [2.24, 2.45) is 7.05 Å². The van der Waals surface area contributed by atoms with E-state index in [-0.39, 0.29) is 5.56 Å². The van der Waals surface area contributed by atoms with Crippen LogP contribution in [0.1, 0.15) is 27.4 Å². The van der Waals surface area contributed by atoms with Gasteiger partial charge in [-0.2, -0.15) is 0 Å². The van der Waals surface area contributed by atoms with Crippen molar-refractivity contribution in [3.8, 4) is 11.4 Å². The van der Waals surface area contributed by atoms with Gasteiger partial charge in [0.1, 0.15) is 17.3 Å². The predicted molar refractivity (Wildman–Crippen MR) is 79.6 cm³/mol. The molecule has 0 fully saturated rings. The second-order valence-corrected chi connectivity index (χ2v) is 5.22. The Balaban J connectivity index is 2.29. The van der Waals surface area contributed by atoms with Crippen LogP contribution in [0.25, 0.3) is 22.4 Å². The van der Waals surface area contributed by atoms with Gasteiger partial charge in [-0.25, -0.2) is 9.78 Å². The molecule has 0 aliphatic carbocycles. The summed E-state index contributed by atoms with van der Waals surface area (Å²) in [5.74, 6) is 1.54. The third-order valence-corrected chi connectivity index (χ3v) is 3.91. The first-order chi connectivity index (χ1) is 9.90. The van der Waals surface area contributed by atoms with Gasteiger partial charge in [0.2, 0.25) is 0 Å². The van der Waals surface area contributed by atoms with Gasteiger partial charge in [-0.1, -0.05) is 0 Å². The normalized spacial score (nSPS) is 11.2. The molecule has 2 heterocycles. The van der Waals surface area contributed by atoms with Crippen molar-refractivity contribution in [3.05, 3.63) is 40.8 Å². The number of rotatable bonds is 2. The Kier molecular flexibility index (Phi) is 2.86. The van der Waals surface area contributed by atoms with Gasteiger partial charge < -0.3 is 14.1 Å². The zero-order valence-corrected chi connectivity index (χ0v) is 12.4. The predicted octanol–water partition coefficient (Wildman–Crippen LogP) is 3.46. The summed E-state index contributed by atoms with van der Waals surface area (Å²) in [6.07, 6.45) is 0. The lowest BCUT2D eigenvalue weighted by molar-refractivity contribution is 0.0697. The molecule has 108 valence electrons. The van der Waals surface area contributed by atoms with Gasteiger partial charge in [0.25, 0.3) is 0 Å².